The molecule has 1 amide bonds. The summed E-state index contributed by atoms with van der Waals surface area (Å²) in [5.41, 5.74) is 3.51. The van der Waals surface area contributed by atoms with Crippen LogP contribution in [0.4, 0.5) is 11.5 Å². The fourth-order valence-corrected chi connectivity index (χ4v) is 4.60. The van der Waals surface area contributed by atoms with Crippen molar-refractivity contribution in [3.8, 4) is 0 Å². The third-order valence-electron chi connectivity index (χ3n) is 6.24. The number of aromatic carboxylic acids is 1. The van der Waals surface area contributed by atoms with Gasteiger partial charge in [-0.2, -0.15) is 0 Å². The van der Waals surface area contributed by atoms with E-state index in [1.807, 2.05) is 64.1 Å². The first kappa shape index (κ1) is 24.4. The molecule has 0 unspecified atom stereocenters. The Hall–Kier alpha value is -4.30. The second-order valence-electron chi connectivity index (χ2n) is 8.82. The maximum absolute atomic E-state index is 13.8. The number of nitrogens with zero attached hydrogens (tertiary/aromatic N) is 3. The minimum absolute atomic E-state index is 0.0968. The Labute approximate surface area is 219 Å². The van der Waals surface area contributed by atoms with E-state index in [2.05, 4.69) is 10.6 Å². The largest absolute Gasteiger partial charge is 0.478 e. The fourth-order valence-electron chi connectivity index (χ4n) is 4.39. The maximum Gasteiger partial charge on any atom is 0.335 e. The molecule has 37 heavy (non-hydrogen) atoms. The number of carboxylic acid groups (broad SMARTS) is 1. The molecule has 0 aliphatic carbocycles. The Morgan fingerprint density at radius 2 is 1.76 bits per heavy atom. The van der Waals surface area contributed by atoms with Gasteiger partial charge in [-0.25, -0.2) is 9.78 Å². The Morgan fingerprint density at radius 1 is 1.00 bits per heavy atom. The van der Waals surface area contributed by atoms with Crippen molar-refractivity contribution in [2.45, 2.75) is 19.6 Å². The van der Waals surface area contributed by atoms with Crippen LogP contribution in [0.5, 0.6) is 0 Å². The van der Waals surface area contributed by atoms with Gasteiger partial charge in [-0.3, -0.25) is 4.79 Å². The molecule has 0 saturated carbocycles. The highest BCUT2D eigenvalue weighted by atomic mass is 35.5. The highest BCUT2D eigenvalue weighted by Crippen LogP contribution is 2.25. The van der Waals surface area contributed by atoms with Crippen LogP contribution in [-0.4, -0.2) is 44.5 Å². The SMILES string of the molecule is O=C(O)c1ccc(NCc2nc3c(n2Cc2ccccc2)C(=O)N(Cc2cccc(Cl)c2)CCN3)cc1. The Morgan fingerprint density at radius 3 is 2.49 bits per heavy atom. The molecule has 0 spiro atoms. The van der Waals surface area contributed by atoms with E-state index in [-0.39, 0.29) is 11.5 Å². The van der Waals surface area contributed by atoms with E-state index in [9.17, 15) is 9.59 Å². The van der Waals surface area contributed by atoms with Gasteiger partial charge in [-0.05, 0) is 47.5 Å². The molecule has 3 aromatic carbocycles. The summed E-state index contributed by atoms with van der Waals surface area (Å²) >= 11 is 6.17. The molecule has 0 radical (unpaired) electrons. The zero-order chi connectivity index (χ0) is 25.8. The number of amides is 1. The number of nitrogens with one attached hydrogen (secondary N) is 2. The summed E-state index contributed by atoms with van der Waals surface area (Å²) in [6.07, 6.45) is 0. The Bertz CT molecular complexity index is 1420. The molecule has 0 bridgehead atoms. The Kier molecular flexibility index (Phi) is 7.09. The molecule has 0 fully saturated rings. The Balaban J connectivity index is 1.45. The van der Waals surface area contributed by atoms with Crippen molar-refractivity contribution in [2.75, 3.05) is 23.7 Å². The molecule has 188 valence electrons. The number of rotatable bonds is 8. The van der Waals surface area contributed by atoms with Crippen molar-refractivity contribution < 1.29 is 14.7 Å². The van der Waals surface area contributed by atoms with Crippen LogP contribution in [-0.2, 0) is 19.6 Å². The molecule has 0 saturated heterocycles. The van der Waals surface area contributed by atoms with Crippen molar-refractivity contribution in [3.05, 3.63) is 112 Å². The smallest absolute Gasteiger partial charge is 0.335 e. The zero-order valence-corrected chi connectivity index (χ0v) is 20.8. The molecular weight excluding hydrogens is 490 g/mol. The lowest BCUT2D eigenvalue weighted by Gasteiger charge is -2.22. The number of halogens is 1. The van der Waals surface area contributed by atoms with Gasteiger partial charge in [-0.1, -0.05) is 54.1 Å². The van der Waals surface area contributed by atoms with Crippen LogP contribution >= 0.6 is 11.6 Å². The van der Waals surface area contributed by atoms with Crippen molar-refractivity contribution in [1.82, 2.24) is 14.5 Å². The van der Waals surface area contributed by atoms with E-state index >= 15 is 0 Å². The zero-order valence-electron chi connectivity index (χ0n) is 20.0. The average molecular weight is 516 g/mol. The predicted octanol–water partition coefficient (Wildman–Crippen LogP) is 4.96. The standard InChI is InChI=1S/C28H26ClN5O3/c29-22-8-4-7-20(15-22)17-33-14-13-30-26-25(27(33)35)34(18-19-5-2-1-3-6-19)24(32-26)16-31-23-11-9-21(10-12-23)28(36)37/h1-12,15,30-31H,13-14,16-18H2,(H,36,37). The highest BCUT2D eigenvalue weighted by molar-refractivity contribution is 6.30. The molecule has 1 aromatic heterocycles. The lowest BCUT2D eigenvalue weighted by atomic mass is 10.2. The van der Waals surface area contributed by atoms with Crippen LogP contribution < -0.4 is 10.6 Å². The van der Waals surface area contributed by atoms with Crippen molar-refractivity contribution in [1.29, 1.82) is 0 Å². The van der Waals surface area contributed by atoms with Gasteiger partial charge >= 0.3 is 5.97 Å². The minimum atomic E-state index is -0.972. The molecule has 0 atom stereocenters. The summed E-state index contributed by atoms with van der Waals surface area (Å²) in [4.78, 5) is 31.6. The number of carbonyl (C=O) groups excluding carboxylic acids is 1. The van der Waals surface area contributed by atoms with Crippen LogP contribution in [0.1, 0.15) is 37.8 Å². The molecule has 1 aliphatic rings. The second kappa shape index (κ2) is 10.8. The molecule has 2 heterocycles. The number of fused-ring (bicyclic) bond motifs is 1. The van der Waals surface area contributed by atoms with Gasteiger partial charge in [-0.15, -0.1) is 0 Å². The van der Waals surface area contributed by atoms with E-state index in [4.69, 9.17) is 21.7 Å². The summed E-state index contributed by atoms with van der Waals surface area (Å²) in [6.45, 7) is 2.40. The number of carboxylic acids is 1. The summed E-state index contributed by atoms with van der Waals surface area (Å²) in [5.74, 6) is 0.190. The normalized spacial score (nSPS) is 13.0. The van der Waals surface area contributed by atoms with Gasteiger partial charge in [0.15, 0.2) is 11.5 Å². The van der Waals surface area contributed by atoms with Crippen molar-refractivity contribution in [3.63, 3.8) is 0 Å². The quantitative estimate of drug-likeness (QED) is 0.306. The first-order chi connectivity index (χ1) is 18.0. The monoisotopic (exact) mass is 515 g/mol. The van der Waals surface area contributed by atoms with E-state index in [0.717, 1.165) is 16.8 Å². The van der Waals surface area contributed by atoms with Crippen LogP contribution in [0, 0.1) is 0 Å². The molecule has 5 rings (SSSR count). The molecule has 8 nitrogen and oxygen atoms in total. The minimum Gasteiger partial charge on any atom is -0.478 e. The van der Waals surface area contributed by atoms with E-state index in [1.54, 1.807) is 24.3 Å². The lowest BCUT2D eigenvalue weighted by Crippen LogP contribution is -2.33. The highest BCUT2D eigenvalue weighted by Gasteiger charge is 2.29. The number of benzene rings is 3. The lowest BCUT2D eigenvalue weighted by molar-refractivity contribution is 0.0695. The summed E-state index contributed by atoms with van der Waals surface area (Å²) in [7, 11) is 0. The molecule has 3 N–H and O–H groups in total. The number of aromatic nitrogens is 2. The number of imidazole rings is 1. The van der Waals surface area contributed by atoms with Crippen molar-refractivity contribution in [2.24, 2.45) is 0 Å². The van der Waals surface area contributed by atoms with Gasteiger partial charge < -0.3 is 25.2 Å². The summed E-state index contributed by atoms with van der Waals surface area (Å²) in [6, 6.07) is 24.0. The van der Waals surface area contributed by atoms with Crippen LogP contribution in [0.2, 0.25) is 5.02 Å². The van der Waals surface area contributed by atoms with Crippen LogP contribution in [0.15, 0.2) is 78.9 Å². The third kappa shape index (κ3) is 5.59. The number of hydrogen-bond donors (Lipinski definition) is 3. The molecule has 9 heteroatoms. The van der Waals surface area contributed by atoms with Gasteiger partial charge in [0.2, 0.25) is 0 Å². The predicted molar refractivity (Wildman–Crippen MR) is 143 cm³/mol. The fraction of sp³-hybridized carbons (Fsp3) is 0.179. The average Bonchev–Trinajstić information content (AvgIpc) is 3.16. The topological polar surface area (TPSA) is 99.5 Å². The van der Waals surface area contributed by atoms with Gasteiger partial charge in [0, 0.05) is 36.9 Å². The van der Waals surface area contributed by atoms with E-state index in [1.165, 1.54) is 0 Å². The van der Waals surface area contributed by atoms with Gasteiger partial charge in [0.25, 0.3) is 5.91 Å². The van der Waals surface area contributed by atoms with E-state index < -0.39 is 5.97 Å². The summed E-state index contributed by atoms with van der Waals surface area (Å²) in [5, 5.41) is 16.4. The second-order valence-corrected chi connectivity index (χ2v) is 9.25. The van der Waals surface area contributed by atoms with E-state index in [0.29, 0.717) is 55.1 Å². The van der Waals surface area contributed by atoms with Gasteiger partial charge in [0.05, 0.1) is 12.1 Å². The van der Waals surface area contributed by atoms with Crippen LogP contribution in [0.3, 0.4) is 0 Å². The van der Waals surface area contributed by atoms with Crippen molar-refractivity contribution >= 4 is 35.0 Å². The molecule has 4 aromatic rings. The van der Waals surface area contributed by atoms with Crippen LogP contribution in [0.25, 0.3) is 0 Å². The number of carbonyl (C=O) groups is 2. The summed E-state index contributed by atoms with van der Waals surface area (Å²) < 4.78 is 1.95. The first-order valence-corrected chi connectivity index (χ1v) is 12.3. The third-order valence-corrected chi connectivity index (χ3v) is 6.47. The maximum atomic E-state index is 13.8. The van der Waals surface area contributed by atoms with Gasteiger partial charge in [0.1, 0.15) is 5.82 Å². The molecular formula is C28H26ClN5O3. The number of anilines is 2. The number of hydrogen-bond acceptors (Lipinski definition) is 5. The first-order valence-electron chi connectivity index (χ1n) is 12.0. The molecule has 1 aliphatic heterocycles.